The van der Waals surface area contributed by atoms with Gasteiger partial charge in [-0.1, -0.05) is 31.2 Å². The molecule has 5 heteroatoms. The first-order chi connectivity index (χ1) is 8.97. The first kappa shape index (κ1) is 14.5. The van der Waals surface area contributed by atoms with Crippen molar-refractivity contribution in [3.8, 4) is 0 Å². The molecule has 0 bridgehead atoms. The number of hydrogen-bond acceptors (Lipinski definition) is 4. The van der Waals surface area contributed by atoms with Crippen molar-refractivity contribution in [1.29, 1.82) is 0 Å². The van der Waals surface area contributed by atoms with E-state index in [-0.39, 0.29) is 0 Å². The van der Waals surface area contributed by atoms with Crippen LogP contribution in [0.5, 0.6) is 0 Å². The monoisotopic (exact) mass is 262 g/mol. The topological polar surface area (TPSA) is 46.9 Å². The highest BCUT2D eigenvalue weighted by Gasteiger charge is 2.30. The van der Waals surface area contributed by atoms with E-state index in [1.807, 2.05) is 18.2 Å². The van der Waals surface area contributed by atoms with Gasteiger partial charge in [0.2, 0.25) is 0 Å². The van der Waals surface area contributed by atoms with Gasteiger partial charge in [-0.25, -0.2) is 0 Å². The van der Waals surface area contributed by atoms with Crippen LogP contribution in [0.3, 0.4) is 0 Å². The van der Waals surface area contributed by atoms with Crippen molar-refractivity contribution < 1.29 is 10.0 Å². The van der Waals surface area contributed by atoms with Crippen molar-refractivity contribution in [2.75, 3.05) is 27.2 Å². The van der Waals surface area contributed by atoms with Crippen molar-refractivity contribution in [3.63, 3.8) is 0 Å². The lowest BCUT2D eigenvalue weighted by atomic mass is 9.79. The molecule has 2 rings (SSSR count). The van der Waals surface area contributed by atoms with Crippen molar-refractivity contribution in [2.24, 2.45) is 5.92 Å². The van der Waals surface area contributed by atoms with Crippen LogP contribution in [0.1, 0.15) is 12.5 Å². The van der Waals surface area contributed by atoms with E-state index in [2.05, 4.69) is 30.8 Å². The largest absolute Gasteiger partial charge is 0.488 e. The lowest BCUT2D eigenvalue weighted by Crippen LogP contribution is -2.34. The maximum absolute atomic E-state index is 9.20. The van der Waals surface area contributed by atoms with Crippen LogP contribution in [0.2, 0.25) is 0 Å². The van der Waals surface area contributed by atoms with Crippen LogP contribution in [0.25, 0.3) is 0 Å². The van der Waals surface area contributed by atoms with E-state index in [0.717, 1.165) is 25.2 Å². The molecule has 0 spiro atoms. The second kappa shape index (κ2) is 6.05. The Kier molecular flexibility index (Phi) is 4.63. The van der Waals surface area contributed by atoms with Gasteiger partial charge in [0.15, 0.2) is 0 Å². The first-order valence-corrected chi connectivity index (χ1v) is 6.81. The zero-order valence-corrected chi connectivity index (χ0v) is 12.0. The Morgan fingerprint density at radius 2 is 2.05 bits per heavy atom. The molecule has 0 aliphatic carbocycles. The van der Waals surface area contributed by atoms with E-state index < -0.39 is 7.12 Å². The van der Waals surface area contributed by atoms with Crippen LogP contribution in [0.4, 0.5) is 0 Å². The van der Waals surface area contributed by atoms with Crippen LogP contribution in [0, 0.1) is 5.92 Å². The van der Waals surface area contributed by atoms with Crippen LogP contribution >= 0.6 is 0 Å². The first-order valence-electron chi connectivity index (χ1n) is 6.81. The van der Waals surface area contributed by atoms with Crippen molar-refractivity contribution in [2.45, 2.75) is 19.5 Å². The second-order valence-electron chi connectivity index (χ2n) is 5.82. The molecule has 4 nitrogen and oxygen atoms in total. The van der Waals surface area contributed by atoms with Gasteiger partial charge in [-0.2, -0.15) is 0 Å². The molecule has 19 heavy (non-hydrogen) atoms. The van der Waals surface area contributed by atoms with E-state index in [9.17, 15) is 10.0 Å². The molecule has 1 aromatic rings. The fourth-order valence-corrected chi connectivity index (χ4v) is 2.96. The third-order valence-corrected chi connectivity index (χ3v) is 3.97. The average Bonchev–Trinajstić information content (AvgIpc) is 2.70. The van der Waals surface area contributed by atoms with E-state index in [1.165, 1.54) is 0 Å². The molecule has 1 fully saturated rings. The fourth-order valence-electron chi connectivity index (χ4n) is 2.96. The molecule has 2 N–H and O–H groups in total. The predicted octanol–water partition coefficient (Wildman–Crippen LogP) is -0.252. The molecule has 2 unspecified atom stereocenters. The molecule has 0 saturated carbocycles. The molecule has 1 saturated heterocycles. The predicted molar refractivity (Wildman–Crippen MR) is 78.2 cm³/mol. The van der Waals surface area contributed by atoms with E-state index >= 15 is 0 Å². The molecule has 1 aromatic carbocycles. The van der Waals surface area contributed by atoms with Crippen LogP contribution < -0.4 is 5.46 Å². The SMILES string of the molecule is CC1CN(Cc2cccc(B(O)O)c2)CC1N(C)C. The van der Waals surface area contributed by atoms with Crippen molar-refractivity contribution >= 4 is 12.6 Å². The second-order valence-corrected chi connectivity index (χ2v) is 5.82. The number of likely N-dealkylation sites (N-methyl/N-ethyl adjacent to an activating group) is 1. The molecule has 104 valence electrons. The summed E-state index contributed by atoms with van der Waals surface area (Å²) >= 11 is 0. The lowest BCUT2D eigenvalue weighted by Gasteiger charge is -2.22. The lowest BCUT2D eigenvalue weighted by molar-refractivity contribution is 0.250. The zero-order valence-electron chi connectivity index (χ0n) is 12.0. The third kappa shape index (κ3) is 3.57. The van der Waals surface area contributed by atoms with Gasteiger partial charge in [-0.3, -0.25) is 4.90 Å². The minimum Gasteiger partial charge on any atom is -0.423 e. The molecule has 1 heterocycles. The fraction of sp³-hybridized carbons (Fsp3) is 0.571. The number of likely N-dealkylation sites (tertiary alicyclic amines) is 1. The van der Waals surface area contributed by atoms with Crippen LogP contribution in [0.15, 0.2) is 24.3 Å². The Hall–Kier alpha value is -0.875. The highest BCUT2D eigenvalue weighted by molar-refractivity contribution is 6.58. The van der Waals surface area contributed by atoms with Gasteiger partial charge in [0.1, 0.15) is 0 Å². The minimum atomic E-state index is -1.38. The molecule has 0 aromatic heterocycles. The molecule has 1 aliphatic rings. The van der Waals surface area contributed by atoms with E-state index in [4.69, 9.17) is 0 Å². The molecular formula is C14H23BN2O2. The maximum atomic E-state index is 9.20. The summed E-state index contributed by atoms with van der Waals surface area (Å²) < 4.78 is 0. The zero-order chi connectivity index (χ0) is 14.0. The maximum Gasteiger partial charge on any atom is 0.488 e. The summed E-state index contributed by atoms with van der Waals surface area (Å²) in [5.41, 5.74) is 1.70. The average molecular weight is 262 g/mol. The summed E-state index contributed by atoms with van der Waals surface area (Å²) in [5, 5.41) is 18.4. The summed E-state index contributed by atoms with van der Waals surface area (Å²) in [6.45, 7) is 5.32. The van der Waals surface area contributed by atoms with Gasteiger partial charge >= 0.3 is 7.12 Å². The Labute approximate surface area is 115 Å². The van der Waals surface area contributed by atoms with Crippen molar-refractivity contribution in [3.05, 3.63) is 29.8 Å². The van der Waals surface area contributed by atoms with Crippen LogP contribution in [-0.4, -0.2) is 60.2 Å². The minimum absolute atomic E-state index is 0.564. The van der Waals surface area contributed by atoms with Gasteiger partial charge in [-0.05, 0) is 31.0 Å². The highest BCUT2D eigenvalue weighted by atomic mass is 16.4. The Bertz CT molecular complexity index is 426. The molecular weight excluding hydrogens is 239 g/mol. The van der Waals surface area contributed by atoms with Crippen molar-refractivity contribution in [1.82, 2.24) is 9.80 Å². The summed E-state index contributed by atoms with van der Waals surface area (Å²) in [4.78, 5) is 4.72. The van der Waals surface area contributed by atoms with Gasteiger partial charge in [0.25, 0.3) is 0 Å². The third-order valence-electron chi connectivity index (χ3n) is 3.97. The van der Waals surface area contributed by atoms with Crippen LogP contribution in [-0.2, 0) is 6.54 Å². The molecule has 0 amide bonds. The number of rotatable bonds is 4. The number of benzene rings is 1. The van der Waals surface area contributed by atoms with E-state index in [1.54, 1.807) is 6.07 Å². The highest BCUT2D eigenvalue weighted by Crippen LogP contribution is 2.21. The quantitative estimate of drug-likeness (QED) is 0.734. The Balaban J connectivity index is 2.01. The summed E-state index contributed by atoms with van der Waals surface area (Å²) in [6, 6.07) is 8.14. The summed E-state index contributed by atoms with van der Waals surface area (Å²) in [7, 11) is 2.88. The number of nitrogens with zero attached hydrogens (tertiary/aromatic N) is 2. The van der Waals surface area contributed by atoms with Gasteiger partial charge in [0.05, 0.1) is 0 Å². The smallest absolute Gasteiger partial charge is 0.423 e. The molecule has 2 atom stereocenters. The molecule has 1 aliphatic heterocycles. The number of hydrogen-bond donors (Lipinski definition) is 2. The Morgan fingerprint density at radius 1 is 1.32 bits per heavy atom. The van der Waals surface area contributed by atoms with Gasteiger partial charge < -0.3 is 14.9 Å². The van der Waals surface area contributed by atoms with E-state index in [0.29, 0.717) is 17.4 Å². The van der Waals surface area contributed by atoms with Gasteiger partial charge in [-0.15, -0.1) is 0 Å². The summed E-state index contributed by atoms with van der Waals surface area (Å²) in [5.74, 6) is 0.668. The standard InChI is InChI=1S/C14H23BN2O2/c1-11-8-17(10-14(11)16(2)3)9-12-5-4-6-13(7-12)15(18)19/h4-7,11,14,18-19H,8-10H2,1-3H3. The summed E-state index contributed by atoms with van der Waals surface area (Å²) in [6.07, 6.45) is 0. The molecule has 0 radical (unpaired) electrons. The normalized spacial score (nSPS) is 24.1. The van der Waals surface area contributed by atoms with Gasteiger partial charge in [0, 0.05) is 25.7 Å². The Morgan fingerprint density at radius 3 is 2.63 bits per heavy atom.